The number of para-hydroxylation sites is 1. The number of amides is 2. The summed E-state index contributed by atoms with van der Waals surface area (Å²) < 4.78 is 4.84. The summed E-state index contributed by atoms with van der Waals surface area (Å²) in [6.45, 7) is -0.534. The van der Waals surface area contributed by atoms with Gasteiger partial charge in [-0.2, -0.15) is 0 Å². The first-order chi connectivity index (χ1) is 13.8. The van der Waals surface area contributed by atoms with Crippen molar-refractivity contribution in [3.05, 3.63) is 63.7 Å². The lowest BCUT2D eigenvalue weighted by Gasteiger charge is -2.08. The van der Waals surface area contributed by atoms with Gasteiger partial charge in [0.05, 0.1) is 15.6 Å². The second-order valence-corrected chi connectivity index (χ2v) is 6.31. The van der Waals surface area contributed by atoms with Gasteiger partial charge in [0.25, 0.3) is 11.6 Å². The molecule has 0 aliphatic carbocycles. The van der Waals surface area contributed by atoms with Crippen molar-refractivity contribution in [3.63, 3.8) is 0 Å². The number of halogens is 1. The number of esters is 1. The van der Waals surface area contributed by atoms with E-state index in [1.807, 2.05) is 0 Å². The van der Waals surface area contributed by atoms with Crippen LogP contribution in [0, 0.1) is 10.1 Å². The minimum absolute atomic E-state index is 0.0416. The first-order valence-electron chi connectivity index (χ1n) is 8.59. The molecule has 0 fully saturated rings. The van der Waals surface area contributed by atoms with Crippen LogP contribution in [0.3, 0.4) is 0 Å². The van der Waals surface area contributed by atoms with Crippen molar-refractivity contribution in [3.8, 4) is 0 Å². The number of carbonyl (C=O) groups is 3. The van der Waals surface area contributed by atoms with E-state index in [0.29, 0.717) is 10.7 Å². The molecule has 10 heteroatoms. The number of nitro benzene ring substituents is 1. The molecule has 0 atom stereocenters. The molecule has 0 radical (unpaired) electrons. The van der Waals surface area contributed by atoms with E-state index in [-0.39, 0.29) is 36.5 Å². The van der Waals surface area contributed by atoms with E-state index in [2.05, 4.69) is 10.6 Å². The number of benzene rings is 2. The molecule has 2 N–H and O–H groups in total. The monoisotopic (exact) mass is 419 g/mol. The quantitative estimate of drug-likeness (QED) is 0.363. The Morgan fingerprint density at radius 1 is 1.00 bits per heavy atom. The second kappa shape index (κ2) is 10.8. The van der Waals surface area contributed by atoms with Crippen LogP contribution in [0.15, 0.2) is 48.5 Å². The molecular weight excluding hydrogens is 402 g/mol. The van der Waals surface area contributed by atoms with Crippen molar-refractivity contribution >= 4 is 46.4 Å². The lowest BCUT2D eigenvalue weighted by atomic mass is 10.2. The van der Waals surface area contributed by atoms with E-state index in [9.17, 15) is 24.5 Å². The maximum atomic E-state index is 11.9. The summed E-state index contributed by atoms with van der Waals surface area (Å²) in [6.07, 6.45) is 0.280. The molecule has 152 valence electrons. The molecule has 0 unspecified atom stereocenters. The number of rotatable bonds is 9. The summed E-state index contributed by atoms with van der Waals surface area (Å²) in [6, 6.07) is 12.2. The number of non-ortho nitro benzene ring substituents is 1. The van der Waals surface area contributed by atoms with E-state index in [1.54, 1.807) is 24.3 Å². The summed E-state index contributed by atoms with van der Waals surface area (Å²) in [4.78, 5) is 45.5. The zero-order chi connectivity index (χ0) is 21.2. The van der Waals surface area contributed by atoms with Crippen LogP contribution >= 0.6 is 11.6 Å². The van der Waals surface area contributed by atoms with E-state index >= 15 is 0 Å². The molecule has 0 saturated heterocycles. The number of nitrogens with one attached hydrogen (secondary N) is 2. The molecular formula is C19H18ClN3O6. The Hall–Kier alpha value is -3.46. The fraction of sp³-hybridized carbons (Fsp3) is 0.211. The summed E-state index contributed by atoms with van der Waals surface area (Å²) in [5, 5.41) is 16.2. The van der Waals surface area contributed by atoms with Crippen molar-refractivity contribution in [2.75, 3.05) is 17.2 Å². The maximum Gasteiger partial charge on any atom is 0.306 e. The van der Waals surface area contributed by atoms with Crippen molar-refractivity contribution in [1.29, 1.82) is 0 Å². The van der Waals surface area contributed by atoms with Crippen LogP contribution in [0.5, 0.6) is 0 Å². The molecule has 29 heavy (non-hydrogen) atoms. The molecule has 0 heterocycles. The van der Waals surface area contributed by atoms with Gasteiger partial charge in [-0.25, -0.2) is 0 Å². The van der Waals surface area contributed by atoms with Gasteiger partial charge < -0.3 is 15.4 Å². The number of anilines is 2. The number of nitrogens with zero attached hydrogens (tertiary/aromatic N) is 1. The molecule has 2 rings (SSSR count). The minimum atomic E-state index is -0.635. The SMILES string of the molecule is O=C(COC(=O)CCCC(=O)Nc1ccccc1Cl)Nc1cccc([N+](=O)[O-])c1. The Kier molecular flexibility index (Phi) is 8.11. The molecule has 0 aromatic heterocycles. The van der Waals surface area contributed by atoms with Gasteiger partial charge in [0.15, 0.2) is 6.61 Å². The third-order valence-electron chi connectivity index (χ3n) is 3.64. The van der Waals surface area contributed by atoms with Crippen LogP contribution in [0.2, 0.25) is 5.02 Å². The van der Waals surface area contributed by atoms with Gasteiger partial charge in [-0.1, -0.05) is 29.8 Å². The summed E-state index contributed by atoms with van der Waals surface area (Å²) in [5.41, 5.74) is 0.533. The lowest BCUT2D eigenvalue weighted by molar-refractivity contribution is -0.384. The number of ether oxygens (including phenoxy) is 1. The van der Waals surface area contributed by atoms with Gasteiger partial charge in [-0.05, 0) is 24.6 Å². The molecule has 0 saturated carbocycles. The largest absolute Gasteiger partial charge is 0.456 e. The standard InChI is InChI=1S/C19H18ClN3O6/c20-15-7-1-2-8-16(15)22-17(24)9-4-10-19(26)29-12-18(25)21-13-5-3-6-14(11-13)23(27)28/h1-3,5-8,11H,4,9-10,12H2,(H,21,25)(H,22,24). The van der Waals surface area contributed by atoms with Gasteiger partial charge >= 0.3 is 5.97 Å². The maximum absolute atomic E-state index is 11.9. The minimum Gasteiger partial charge on any atom is -0.456 e. The zero-order valence-corrected chi connectivity index (χ0v) is 16.0. The molecule has 0 aliphatic heterocycles. The highest BCUT2D eigenvalue weighted by molar-refractivity contribution is 6.33. The predicted molar refractivity (Wildman–Crippen MR) is 107 cm³/mol. The fourth-order valence-corrected chi connectivity index (χ4v) is 2.46. The van der Waals surface area contributed by atoms with Crippen LogP contribution in [0.25, 0.3) is 0 Å². The highest BCUT2D eigenvalue weighted by atomic mass is 35.5. The second-order valence-electron chi connectivity index (χ2n) is 5.90. The normalized spacial score (nSPS) is 10.1. The Labute approximate surface area is 171 Å². The topological polar surface area (TPSA) is 128 Å². The summed E-state index contributed by atoms with van der Waals surface area (Å²) in [5.74, 6) is -1.56. The van der Waals surface area contributed by atoms with Gasteiger partial charge in [-0.3, -0.25) is 24.5 Å². The highest BCUT2D eigenvalue weighted by Crippen LogP contribution is 2.20. The molecule has 2 aromatic carbocycles. The Morgan fingerprint density at radius 2 is 1.76 bits per heavy atom. The lowest BCUT2D eigenvalue weighted by Crippen LogP contribution is -2.21. The molecule has 2 amide bonds. The molecule has 0 bridgehead atoms. The van der Waals surface area contributed by atoms with E-state index < -0.39 is 23.4 Å². The van der Waals surface area contributed by atoms with Gasteiger partial charge in [0.2, 0.25) is 5.91 Å². The van der Waals surface area contributed by atoms with Crippen LogP contribution in [-0.2, 0) is 19.1 Å². The first kappa shape index (κ1) is 21.8. The number of carbonyl (C=O) groups excluding carboxylic acids is 3. The van der Waals surface area contributed by atoms with Crippen LogP contribution in [0.4, 0.5) is 17.1 Å². The van der Waals surface area contributed by atoms with Crippen LogP contribution in [0.1, 0.15) is 19.3 Å². The van der Waals surface area contributed by atoms with Crippen molar-refractivity contribution in [1.82, 2.24) is 0 Å². The third-order valence-corrected chi connectivity index (χ3v) is 3.97. The van der Waals surface area contributed by atoms with Crippen LogP contribution < -0.4 is 10.6 Å². The smallest absolute Gasteiger partial charge is 0.306 e. The average Bonchev–Trinajstić information content (AvgIpc) is 2.68. The van der Waals surface area contributed by atoms with Crippen molar-refractivity contribution < 1.29 is 24.0 Å². The predicted octanol–water partition coefficient (Wildman–Crippen LogP) is 3.54. The van der Waals surface area contributed by atoms with Gasteiger partial charge in [-0.15, -0.1) is 0 Å². The number of hydrogen-bond acceptors (Lipinski definition) is 6. The van der Waals surface area contributed by atoms with E-state index in [4.69, 9.17) is 16.3 Å². The molecule has 0 aliphatic rings. The molecule has 9 nitrogen and oxygen atoms in total. The van der Waals surface area contributed by atoms with Gasteiger partial charge in [0, 0.05) is 30.7 Å². The average molecular weight is 420 g/mol. The van der Waals surface area contributed by atoms with Crippen LogP contribution in [-0.4, -0.2) is 29.3 Å². The Bertz CT molecular complexity index is 918. The molecule has 2 aromatic rings. The highest BCUT2D eigenvalue weighted by Gasteiger charge is 2.12. The number of hydrogen-bond donors (Lipinski definition) is 2. The summed E-state index contributed by atoms with van der Waals surface area (Å²) >= 11 is 5.95. The Balaban J connectivity index is 1.67. The Morgan fingerprint density at radius 3 is 2.48 bits per heavy atom. The number of nitro groups is 1. The fourth-order valence-electron chi connectivity index (χ4n) is 2.28. The van der Waals surface area contributed by atoms with E-state index in [0.717, 1.165) is 0 Å². The van der Waals surface area contributed by atoms with E-state index in [1.165, 1.54) is 24.3 Å². The van der Waals surface area contributed by atoms with Crippen molar-refractivity contribution in [2.45, 2.75) is 19.3 Å². The first-order valence-corrected chi connectivity index (χ1v) is 8.97. The third kappa shape index (κ3) is 7.59. The summed E-state index contributed by atoms with van der Waals surface area (Å²) in [7, 11) is 0. The zero-order valence-electron chi connectivity index (χ0n) is 15.2. The molecule has 0 spiro atoms. The van der Waals surface area contributed by atoms with Gasteiger partial charge in [0.1, 0.15) is 0 Å². The van der Waals surface area contributed by atoms with Crippen molar-refractivity contribution in [2.24, 2.45) is 0 Å².